The summed E-state index contributed by atoms with van der Waals surface area (Å²) in [6.07, 6.45) is 2.58. The third-order valence-electron chi connectivity index (χ3n) is 3.54. The van der Waals surface area contributed by atoms with Crippen LogP contribution in [0.15, 0.2) is 54.1 Å². The van der Waals surface area contributed by atoms with Crippen molar-refractivity contribution in [3.05, 3.63) is 65.2 Å². The zero-order chi connectivity index (χ0) is 10.5. The first kappa shape index (κ1) is 8.35. The maximum absolute atomic E-state index is 2.26. The predicted octanol–water partition coefficient (Wildman–Crippen LogP) is 4.26. The molecule has 0 radical (unpaired) electrons. The Morgan fingerprint density at radius 2 is 1.00 bits per heavy atom. The summed E-state index contributed by atoms with van der Waals surface area (Å²) in [7, 11) is 0. The van der Waals surface area contributed by atoms with E-state index in [9.17, 15) is 0 Å². The molecule has 0 heteroatoms. The van der Waals surface area contributed by atoms with Gasteiger partial charge in [0.1, 0.15) is 0 Å². The van der Waals surface area contributed by atoms with Gasteiger partial charge in [-0.1, -0.05) is 54.1 Å². The predicted molar refractivity (Wildman–Crippen MR) is 67.1 cm³/mol. The van der Waals surface area contributed by atoms with Crippen molar-refractivity contribution >= 4 is 5.57 Å². The van der Waals surface area contributed by atoms with Gasteiger partial charge in [-0.15, -0.1) is 0 Å². The molecular weight excluding hydrogens is 192 g/mol. The third-order valence-corrected chi connectivity index (χ3v) is 3.54. The number of fused-ring (bicyclic) bond motifs is 3. The van der Waals surface area contributed by atoms with Gasteiger partial charge in [0.15, 0.2) is 0 Å². The smallest absolute Gasteiger partial charge is 0.00990 e. The van der Waals surface area contributed by atoms with E-state index in [0.717, 1.165) is 0 Å². The highest BCUT2D eigenvalue weighted by Gasteiger charge is 2.28. The highest BCUT2D eigenvalue weighted by molar-refractivity contribution is 6.02. The molecule has 2 aliphatic carbocycles. The Morgan fingerprint density at radius 3 is 1.44 bits per heavy atom. The van der Waals surface area contributed by atoms with Crippen LogP contribution in [0.4, 0.5) is 0 Å². The topological polar surface area (TPSA) is 0 Å². The largest absolute Gasteiger partial charge is 0.0616 e. The molecule has 1 fully saturated rings. The maximum Gasteiger partial charge on any atom is -0.00990 e. The summed E-state index contributed by atoms with van der Waals surface area (Å²) in [6, 6.07) is 17.6. The van der Waals surface area contributed by atoms with Crippen molar-refractivity contribution in [1.82, 2.24) is 0 Å². The molecule has 0 bridgehead atoms. The number of benzene rings is 2. The molecule has 0 heterocycles. The van der Waals surface area contributed by atoms with Gasteiger partial charge < -0.3 is 0 Å². The van der Waals surface area contributed by atoms with E-state index in [1.165, 1.54) is 40.7 Å². The Bertz CT molecular complexity index is 564. The van der Waals surface area contributed by atoms with E-state index in [2.05, 4.69) is 48.5 Å². The van der Waals surface area contributed by atoms with Gasteiger partial charge in [-0.3, -0.25) is 0 Å². The van der Waals surface area contributed by atoms with Crippen molar-refractivity contribution < 1.29 is 0 Å². The van der Waals surface area contributed by atoms with Crippen LogP contribution >= 0.6 is 0 Å². The first-order valence-electron chi connectivity index (χ1n) is 5.86. The van der Waals surface area contributed by atoms with Crippen molar-refractivity contribution in [3.8, 4) is 11.1 Å². The molecule has 4 rings (SSSR count). The van der Waals surface area contributed by atoms with E-state index in [1.54, 1.807) is 5.57 Å². The number of allylic oxidation sites excluding steroid dienone is 1. The van der Waals surface area contributed by atoms with Gasteiger partial charge >= 0.3 is 0 Å². The molecule has 0 aromatic heterocycles. The summed E-state index contributed by atoms with van der Waals surface area (Å²) in [5.41, 5.74) is 8.86. The van der Waals surface area contributed by atoms with Crippen LogP contribution in [0, 0.1) is 0 Å². The lowest BCUT2D eigenvalue weighted by atomic mass is 10.0. The molecular formula is C16H12. The quantitative estimate of drug-likeness (QED) is 0.513. The van der Waals surface area contributed by atoms with Gasteiger partial charge in [-0.05, 0) is 40.7 Å². The van der Waals surface area contributed by atoms with Gasteiger partial charge in [-0.25, -0.2) is 0 Å². The lowest BCUT2D eigenvalue weighted by Crippen LogP contribution is -1.79. The summed E-state index contributed by atoms with van der Waals surface area (Å²) in [5, 5.41) is 0. The van der Waals surface area contributed by atoms with Crippen LogP contribution in [0.1, 0.15) is 24.0 Å². The first-order valence-corrected chi connectivity index (χ1v) is 5.86. The molecule has 2 aromatic rings. The van der Waals surface area contributed by atoms with E-state index in [0.29, 0.717) is 0 Å². The van der Waals surface area contributed by atoms with E-state index in [-0.39, 0.29) is 0 Å². The molecule has 2 aromatic carbocycles. The number of hydrogen-bond donors (Lipinski definition) is 0. The fourth-order valence-corrected chi connectivity index (χ4v) is 2.71. The highest BCUT2D eigenvalue weighted by Crippen LogP contribution is 2.50. The molecule has 0 aliphatic heterocycles. The minimum absolute atomic E-state index is 1.29. The second-order valence-corrected chi connectivity index (χ2v) is 4.57. The van der Waals surface area contributed by atoms with E-state index in [4.69, 9.17) is 0 Å². The Kier molecular flexibility index (Phi) is 1.49. The van der Waals surface area contributed by atoms with Crippen LogP contribution in [-0.4, -0.2) is 0 Å². The zero-order valence-electron chi connectivity index (χ0n) is 9.03. The molecule has 0 spiro atoms. The van der Waals surface area contributed by atoms with Crippen LogP contribution in [-0.2, 0) is 0 Å². The molecule has 76 valence electrons. The number of hydrogen-bond acceptors (Lipinski definition) is 0. The van der Waals surface area contributed by atoms with Crippen LogP contribution < -0.4 is 0 Å². The van der Waals surface area contributed by atoms with Gasteiger partial charge in [0.25, 0.3) is 0 Å². The fourth-order valence-electron chi connectivity index (χ4n) is 2.71. The van der Waals surface area contributed by atoms with Crippen LogP contribution in [0.5, 0.6) is 0 Å². The Balaban J connectivity index is 2.15. The summed E-state index contributed by atoms with van der Waals surface area (Å²) in [6.45, 7) is 0. The van der Waals surface area contributed by atoms with Gasteiger partial charge in [-0.2, -0.15) is 0 Å². The molecule has 0 amide bonds. The molecule has 0 saturated heterocycles. The second-order valence-electron chi connectivity index (χ2n) is 4.57. The van der Waals surface area contributed by atoms with Crippen molar-refractivity contribution in [2.75, 3.05) is 0 Å². The minimum atomic E-state index is 1.29. The van der Waals surface area contributed by atoms with E-state index in [1.807, 2.05) is 0 Å². The summed E-state index contributed by atoms with van der Waals surface area (Å²) >= 11 is 0. The molecule has 1 saturated carbocycles. The minimum Gasteiger partial charge on any atom is -0.0616 e. The highest BCUT2D eigenvalue weighted by atomic mass is 14.3. The Hall–Kier alpha value is -1.82. The molecule has 0 atom stereocenters. The van der Waals surface area contributed by atoms with Crippen LogP contribution in [0.2, 0.25) is 0 Å². The average molecular weight is 204 g/mol. The lowest BCUT2D eigenvalue weighted by molar-refractivity contribution is 1.50. The van der Waals surface area contributed by atoms with Crippen molar-refractivity contribution in [1.29, 1.82) is 0 Å². The van der Waals surface area contributed by atoms with Gasteiger partial charge in [0.2, 0.25) is 0 Å². The van der Waals surface area contributed by atoms with Crippen LogP contribution in [0.3, 0.4) is 0 Å². The maximum atomic E-state index is 2.26. The molecule has 16 heavy (non-hydrogen) atoms. The summed E-state index contributed by atoms with van der Waals surface area (Å²) < 4.78 is 0. The Morgan fingerprint density at radius 1 is 0.562 bits per heavy atom. The SMILES string of the molecule is c1ccc2c(c1)C(=C1CC1)c1ccccc1-2. The lowest BCUT2D eigenvalue weighted by Gasteiger charge is -2.00. The molecule has 0 N–H and O–H groups in total. The Labute approximate surface area is 95.2 Å². The van der Waals surface area contributed by atoms with Gasteiger partial charge in [0.05, 0.1) is 0 Å². The molecule has 2 aliphatic rings. The third kappa shape index (κ3) is 0.992. The second kappa shape index (κ2) is 2.85. The standard InChI is InChI=1S/C16H12/c1-3-7-14-12(5-1)13-6-2-4-8-15(13)16(14)11-9-10-11/h1-8H,9-10H2. The molecule has 0 unspecified atom stereocenters. The normalized spacial score (nSPS) is 16.0. The summed E-state index contributed by atoms with van der Waals surface area (Å²) in [4.78, 5) is 0. The van der Waals surface area contributed by atoms with E-state index >= 15 is 0 Å². The summed E-state index contributed by atoms with van der Waals surface area (Å²) in [5.74, 6) is 0. The first-order chi connectivity index (χ1) is 7.95. The van der Waals surface area contributed by atoms with Crippen molar-refractivity contribution in [3.63, 3.8) is 0 Å². The van der Waals surface area contributed by atoms with Gasteiger partial charge in [0, 0.05) is 0 Å². The van der Waals surface area contributed by atoms with Crippen molar-refractivity contribution in [2.45, 2.75) is 12.8 Å². The monoisotopic (exact) mass is 204 g/mol. The zero-order valence-corrected chi connectivity index (χ0v) is 9.03. The van der Waals surface area contributed by atoms with Crippen molar-refractivity contribution in [2.24, 2.45) is 0 Å². The number of rotatable bonds is 0. The van der Waals surface area contributed by atoms with E-state index < -0.39 is 0 Å². The average Bonchev–Trinajstić information content (AvgIpc) is 3.11. The molecule has 0 nitrogen and oxygen atoms in total. The van der Waals surface area contributed by atoms with Crippen LogP contribution in [0.25, 0.3) is 16.7 Å². The fraction of sp³-hybridized carbons (Fsp3) is 0.125.